The van der Waals surface area contributed by atoms with Gasteiger partial charge in [0.25, 0.3) is 11.8 Å². The van der Waals surface area contributed by atoms with Crippen LogP contribution in [0, 0.1) is 6.92 Å². The molecule has 5 aromatic carbocycles. The molecular weight excluding hydrogens is 747 g/mol. The third-order valence-electron chi connectivity index (χ3n) is 12.1. The van der Waals surface area contributed by atoms with E-state index in [9.17, 15) is 9.59 Å². The molecule has 3 heterocycles. The lowest BCUT2D eigenvalue weighted by molar-refractivity contribution is -0.131. The van der Waals surface area contributed by atoms with E-state index in [-0.39, 0.29) is 23.8 Å². The first-order chi connectivity index (χ1) is 29.0. The van der Waals surface area contributed by atoms with Gasteiger partial charge >= 0.3 is 0 Å². The predicted octanol–water partition coefficient (Wildman–Crippen LogP) is 8.11. The minimum Gasteiger partial charge on any atom is -0.489 e. The van der Waals surface area contributed by atoms with Gasteiger partial charge in [0, 0.05) is 74.5 Å². The number of rotatable bonds is 11. The maximum Gasteiger partial charge on any atom is 0.259 e. The first kappa shape index (κ1) is 40.3. The predicted molar refractivity (Wildman–Crippen MR) is 237 cm³/mol. The summed E-state index contributed by atoms with van der Waals surface area (Å²) in [4.78, 5) is 50.9. The fourth-order valence-electron chi connectivity index (χ4n) is 8.64. The quantitative estimate of drug-likeness (QED) is 0.132. The van der Waals surface area contributed by atoms with E-state index in [1.54, 1.807) is 11.9 Å². The summed E-state index contributed by atoms with van der Waals surface area (Å²) in [6, 6.07) is 41.9. The van der Waals surface area contributed by atoms with Crippen LogP contribution in [0.25, 0.3) is 11.3 Å². The van der Waals surface area contributed by atoms with Gasteiger partial charge in [-0.1, -0.05) is 84.9 Å². The lowest BCUT2D eigenvalue weighted by atomic mass is 9.89. The van der Waals surface area contributed by atoms with E-state index in [4.69, 9.17) is 4.74 Å². The van der Waals surface area contributed by atoms with Gasteiger partial charge in [-0.25, -0.2) is 0 Å². The fraction of sp³-hybridized carbons (Fsp3) is 0.275. The number of anilines is 1. The van der Waals surface area contributed by atoms with E-state index in [0.717, 1.165) is 69.2 Å². The van der Waals surface area contributed by atoms with Crippen molar-refractivity contribution in [1.82, 2.24) is 19.3 Å². The SMILES string of the molecule is Cc1c(C(=O)N(C)c2ccc(OCc3ccccc3)cc2)cc(-c2cc3c(cc2C(=O)N2Cc4ccccc4C[C@H]2CN(C)C)CN(C(=O)Cc2ccccc2)CC3)n1C. The Bertz CT molecular complexity index is 2510. The molecule has 2 aliphatic heterocycles. The lowest BCUT2D eigenvalue weighted by Crippen LogP contribution is -2.49. The molecule has 0 N–H and O–H groups in total. The molecule has 8 rings (SSSR count). The Hall–Kier alpha value is -6.45. The molecule has 1 atom stereocenters. The maximum absolute atomic E-state index is 15.3. The standard InChI is InChI=1S/C51H53N5O4/c1-35-45(50(58)54(5)42-20-22-44(23-21-42)60-34-37-16-10-7-11-17-37)30-48(53(35)4)46-28-39-24-25-55(49(57)26-36-14-8-6-9-15-36)31-41(39)29-47(46)51(59)56-32-40-19-13-12-18-38(40)27-43(56)33-52(2)3/h6-23,28-30,43H,24-27,31-34H2,1-5H3/t43-/m0/s1. The summed E-state index contributed by atoms with van der Waals surface area (Å²) in [5.74, 6) is 0.590. The number of carbonyl (C=O) groups is 3. The second-order valence-corrected chi connectivity index (χ2v) is 16.4. The number of carbonyl (C=O) groups excluding carboxylic acids is 3. The second-order valence-electron chi connectivity index (χ2n) is 16.4. The van der Waals surface area contributed by atoms with E-state index in [1.165, 1.54) is 5.56 Å². The van der Waals surface area contributed by atoms with Crippen LogP contribution in [0.1, 0.15) is 59.8 Å². The van der Waals surface area contributed by atoms with Crippen LogP contribution in [0.5, 0.6) is 5.75 Å². The van der Waals surface area contributed by atoms with E-state index >= 15 is 4.79 Å². The smallest absolute Gasteiger partial charge is 0.259 e. The highest BCUT2D eigenvalue weighted by atomic mass is 16.5. The third kappa shape index (κ3) is 8.49. The van der Waals surface area contributed by atoms with Crippen LogP contribution in [-0.2, 0) is 50.8 Å². The van der Waals surface area contributed by atoms with Crippen molar-refractivity contribution in [3.05, 3.63) is 178 Å². The Labute approximate surface area is 353 Å². The van der Waals surface area contributed by atoms with Crippen molar-refractivity contribution < 1.29 is 19.1 Å². The first-order valence-electron chi connectivity index (χ1n) is 20.8. The summed E-state index contributed by atoms with van der Waals surface area (Å²) in [5.41, 5.74) is 10.8. The van der Waals surface area contributed by atoms with Crippen molar-refractivity contribution in [3.8, 4) is 17.0 Å². The molecule has 1 aromatic heterocycles. The Kier molecular flexibility index (Phi) is 11.7. The van der Waals surface area contributed by atoms with Gasteiger partial charge in [-0.15, -0.1) is 0 Å². The molecule has 3 amide bonds. The molecule has 0 saturated carbocycles. The maximum atomic E-state index is 15.3. The summed E-state index contributed by atoms with van der Waals surface area (Å²) in [5, 5.41) is 0. The molecule has 60 heavy (non-hydrogen) atoms. The number of fused-ring (bicyclic) bond motifs is 2. The summed E-state index contributed by atoms with van der Waals surface area (Å²) in [7, 11) is 7.84. The van der Waals surface area contributed by atoms with Gasteiger partial charge in [-0.2, -0.15) is 0 Å². The Morgan fingerprint density at radius 2 is 1.38 bits per heavy atom. The number of aromatic nitrogens is 1. The van der Waals surface area contributed by atoms with Gasteiger partial charge in [0.1, 0.15) is 12.4 Å². The van der Waals surface area contributed by atoms with E-state index in [1.807, 2.05) is 146 Å². The summed E-state index contributed by atoms with van der Waals surface area (Å²) in [6.07, 6.45) is 1.76. The van der Waals surface area contributed by atoms with Crippen molar-refractivity contribution in [1.29, 1.82) is 0 Å². The lowest BCUT2D eigenvalue weighted by Gasteiger charge is -2.39. The molecule has 0 bridgehead atoms. The topological polar surface area (TPSA) is 78.3 Å². The van der Waals surface area contributed by atoms with Gasteiger partial charge in [-0.05, 0) is 110 Å². The zero-order chi connectivity index (χ0) is 41.9. The number of hydrogen-bond acceptors (Lipinski definition) is 5. The largest absolute Gasteiger partial charge is 0.489 e. The molecule has 306 valence electrons. The van der Waals surface area contributed by atoms with E-state index in [0.29, 0.717) is 50.2 Å². The molecule has 0 unspecified atom stereocenters. The van der Waals surface area contributed by atoms with Crippen LogP contribution < -0.4 is 9.64 Å². The van der Waals surface area contributed by atoms with Crippen molar-refractivity contribution >= 4 is 23.4 Å². The molecular formula is C51H53N5O4. The minimum absolute atomic E-state index is 0.0358. The molecule has 0 saturated heterocycles. The molecule has 2 aliphatic rings. The van der Waals surface area contributed by atoms with Crippen molar-refractivity contribution in [2.24, 2.45) is 7.05 Å². The zero-order valence-electron chi connectivity index (χ0n) is 35.2. The first-order valence-corrected chi connectivity index (χ1v) is 20.8. The Morgan fingerprint density at radius 3 is 2.08 bits per heavy atom. The fourth-order valence-corrected chi connectivity index (χ4v) is 8.64. The monoisotopic (exact) mass is 799 g/mol. The molecule has 0 aliphatic carbocycles. The van der Waals surface area contributed by atoms with E-state index < -0.39 is 0 Å². The minimum atomic E-state index is -0.149. The van der Waals surface area contributed by atoms with Crippen LogP contribution >= 0.6 is 0 Å². The number of amides is 3. The van der Waals surface area contributed by atoms with Gasteiger partial charge in [0.05, 0.1) is 12.0 Å². The van der Waals surface area contributed by atoms with Gasteiger partial charge in [-0.3, -0.25) is 14.4 Å². The molecule has 9 heteroatoms. The Morgan fingerprint density at radius 1 is 0.717 bits per heavy atom. The molecule has 0 radical (unpaired) electrons. The van der Waals surface area contributed by atoms with Crippen LogP contribution in [0.4, 0.5) is 5.69 Å². The van der Waals surface area contributed by atoms with Gasteiger partial charge < -0.3 is 28.9 Å². The molecule has 6 aromatic rings. The average molecular weight is 800 g/mol. The van der Waals surface area contributed by atoms with Crippen LogP contribution in [0.15, 0.2) is 127 Å². The number of likely N-dealkylation sites (N-methyl/N-ethyl adjacent to an activating group) is 1. The Balaban J connectivity index is 1.12. The second kappa shape index (κ2) is 17.4. The summed E-state index contributed by atoms with van der Waals surface area (Å²) < 4.78 is 8.03. The van der Waals surface area contributed by atoms with Crippen LogP contribution in [-0.4, -0.2) is 77.3 Å². The summed E-state index contributed by atoms with van der Waals surface area (Å²) >= 11 is 0. The van der Waals surface area contributed by atoms with Crippen LogP contribution in [0.3, 0.4) is 0 Å². The summed E-state index contributed by atoms with van der Waals surface area (Å²) in [6.45, 7) is 4.66. The third-order valence-corrected chi connectivity index (χ3v) is 12.1. The number of benzene rings is 5. The van der Waals surface area contributed by atoms with Gasteiger partial charge in [0.15, 0.2) is 0 Å². The molecule has 9 nitrogen and oxygen atoms in total. The van der Waals surface area contributed by atoms with Crippen molar-refractivity contribution in [2.75, 3.05) is 39.1 Å². The van der Waals surface area contributed by atoms with Crippen molar-refractivity contribution in [2.45, 2.75) is 51.9 Å². The number of ether oxygens (including phenoxy) is 1. The average Bonchev–Trinajstić information content (AvgIpc) is 3.57. The van der Waals surface area contributed by atoms with E-state index in [2.05, 4.69) is 29.2 Å². The number of hydrogen-bond donors (Lipinski definition) is 0. The molecule has 0 fully saturated rings. The van der Waals surface area contributed by atoms with Crippen molar-refractivity contribution in [3.63, 3.8) is 0 Å². The highest BCUT2D eigenvalue weighted by molar-refractivity contribution is 6.08. The normalized spacial score (nSPS) is 14.7. The van der Waals surface area contributed by atoms with Gasteiger partial charge in [0.2, 0.25) is 5.91 Å². The highest BCUT2D eigenvalue weighted by Crippen LogP contribution is 2.36. The number of nitrogens with zero attached hydrogens (tertiary/aromatic N) is 5. The molecule has 0 spiro atoms. The highest BCUT2D eigenvalue weighted by Gasteiger charge is 2.34. The van der Waals surface area contributed by atoms with Crippen LogP contribution in [0.2, 0.25) is 0 Å². The zero-order valence-corrected chi connectivity index (χ0v) is 35.2.